The standard InChI is InChI=1S/C7H9N.C5H8N2/c1-6-3-4-8-7(2)5-6;1-5-3-4-6-7(5)2/h3-5H,1-2H3;3-4H,1-2H3. The zero-order chi connectivity index (χ0) is 11.3. The predicted octanol–water partition coefficient (Wildman–Crippen LogP) is 2.43. The molecule has 0 saturated carbocycles. The Labute approximate surface area is 90.8 Å². The van der Waals surface area contributed by atoms with Crippen LogP contribution in [0.2, 0.25) is 0 Å². The molecule has 0 aromatic carbocycles. The predicted molar refractivity (Wildman–Crippen MR) is 61.7 cm³/mol. The number of rotatable bonds is 0. The van der Waals surface area contributed by atoms with Gasteiger partial charge in [0.05, 0.1) is 0 Å². The van der Waals surface area contributed by atoms with Crippen molar-refractivity contribution in [2.45, 2.75) is 20.8 Å². The van der Waals surface area contributed by atoms with Crippen LogP contribution in [0.3, 0.4) is 0 Å². The molecule has 0 atom stereocenters. The molecule has 0 radical (unpaired) electrons. The van der Waals surface area contributed by atoms with Gasteiger partial charge in [0.1, 0.15) is 0 Å². The highest BCUT2D eigenvalue weighted by Crippen LogP contribution is 1.95. The van der Waals surface area contributed by atoms with Crippen molar-refractivity contribution in [2.75, 3.05) is 0 Å². The van der Waals surface area contributed by atoms with E-state index in [4.69, 9.17) is 0 Å². The van der Waals surface area contributed by atoms with Gasteiger partial charge >= 0.3 is 0 Å². The normalized spacial score (nSPS) is 9.33. The van der Waals surface area contributed by atoms with Gasteiger partial charge in [0.25, 0.3) is 0 Å². The highest BCUT2D eigenvalue weighted by Gasteiger charge is 1.83. The summed E-state index contributed by atoms with van der Waals surface area (Å²) in [6.45, 7) is 6.08. The number of nitrogens with zero attached hydrogens (tertiary/aromatic N) is 3. The Hall–Kier alpha value is -1.64. The summed E-state index contributed by atoms with van der Waals surface area (Å²) >= 11 is 0. The summed E-state index contributed by atoms with van der Waals surface area (Å²) in [5.74, 6) is 0. The Balaban J connectivity index is 0.000000151. The van der Waals surface area contributed by atoms with Gasteiger partial charge in [-0.25, -0.2) is 0 Å². The molecule has 2 rings (SSSR count). The molecule has 0 aliphatic carbocycles. The molecular weight excluding hydrogens is 186 g/mol. The van der Waals surface area contributed by atoms with Crippen molar-refractivity contribution in [1.82, 2.24) is 14.8 Å². The Morgan fingerprint density at radius 3 is 2.07 bits per heavy atom. The van der Waals surface area contributed by atoms with Crippen LogP contribution in [-0.2, 0) is 7.05 Å². The van der Waals surface area contributed by atoms with Crippen LogP contribution in [0.25, 0.3) is 0 Å². The quantitative estimate of drug-likeness (QED) is 0.658. The summed E-state index contributed by atoms with van der Waals surface area (Å²) < 4.78 is 1.83. The van der Waals surface area contributed by atoms with E-state index < -0.39 is 0 Å². The van der Waals surface area contributed by atoms with E-state index in [0.29, 0.717) is 0 Å². The second-order valence-corrected chi connectivity index (χ2v) is 3.57. The lowest BCUT2D eigenvalue weighted by Crippen LogP contribution is -1.90. The molecule has 0 saturated heterocycles. The van der Waals surface area contributed by atoms with Crippen LogP contribution in [0.4, 0.5) is 0 Å². The highest BCUT2D eigenvalue weighted by molar-refractivity contribution is 5.12. The molecule has 2 aromatic rings. The molecule has 0 N–H and O–H groups in total. The average molecular weight is 203 g/mol. The lowest BCUT2D eigenvalue weighted by molar-refractivity contribution is 0.740. The van der Waals surface area contributed by atoms with Crippen LogP contribution in [0, 0.1) is 20.8 Å². The van der Waals surface area contributed by atoms with Crippen LogP contribution in [0.15, 0.2) is 30.6 Å². The van der Waals surface area contributed by atoms with E-state index in [0.717, 1.165) is 5.69 Å². The van der Waals surface area contributed by atoms with Crippen LogP contribution >= 0.6 is 0 Å². The maximum atomic E-state index is 4.04. The van der Waals surface area contributed by atoms with E-state index in [9.17, 15) is 0 Å². The third-order valence-electron chi connectivity index (χ3n) is 2.12. The van der Waals surface area contributed by atoms with Crippen molar-refractivity contribution in [3.8, 4) is 0 Å². The van der Waals surface area contributed by atoms with Crippen LogP contribution in [0.1, 0.15) is 17.0 Å². The first kappa shape index (κ1) is 11.4. The first-order valence-electron chi connectivity index (χ1n) is 4.93. The number of hydrogen-bond donors (Lipinski definition) is 0. The lowest BCUT2D eigenvalue weighted by atomic mass is 10.3. The van der Waals surface area contributed by atoms with Gasteiger partial charge in [0, 0.05) is 30.8 Å². The minimum absolute atomic E-state index is 1.09. The van der Waals surface area contributed by atoms with Crippen molar-refractivity contribution in [3.63, 3.8) is 0 Å². The summed E-state index contributed by atoms with van der Waals surface area (Å²) in [5.41, 5.74) is 3.56. The first-order chi connectivity index (χ1) is 7.09. The smallest absolute Gasteiger partial charge is 0.0492 e. The van der Waals surface area contributed by atoms with E-state index in [1.807, 2.05) is 43.9 Å². The van der Waals surface area contributed by atoms with E-state index in [1.54, 1.807) is 6.20 Å². The second-order valence-electron chi connectivity index (χ2n) is 3.57. The molecule has 0 unspecified atom stereocenters. The van der Waals surface area contributed by atoms with Gasteiger partial charge in [-0.15, -0.1) is 0 Å². The van der Waals surface area contributed by atoms with Crippen molar-refractivity contribution >= 4 is 0 Å². The Morgan fingerprint density at radius 1 is 1.07 bits per heavy atom. The summed E-state index contributed by atoms with van der Waals surface area (Å²) in [4.78, 5) is 4.04. The van der Waals surface area contributed by atoms with Gasteiger partial charge in [-0.05, 0) is 44.5 Å². The molecule has 3 heteroatoms. The van der Waals surface area contributed by atoms with E-state index >= 15 is 0 Å². The zero-order valence-corrected chi connectivity index (χ0v) is 9.73. The number of aryl methyl sites for hydroxylation is 4. The maximum absolute atomic E-state index is 4.04. The molecule has 0 amide bonds. The van der Waals surface area contributed by atoms with Crippen molar-refractivity contribution in [3.05, 3.63) is 47.5 Å². The Kier molecular flexibility index (Phi) is 4.03. The Morgan fingerprint density at radius 2 is 1.80 bits per heavy atom. The molecule has 0 aliphatic heterocycles. The third-order valence-corrected chi connectivity index (χ3v) is 2.12. The number of hydrogen-bond acceptors (Lipinski definition) is 2. The topological polar surface area (TPSA) is 30.7 Å². The third kappa shape index (κ3) is 3.94. The van der Waals surface area contributed by atoms with Gasteiger partial charge < -0.3 is 0 Å². The molecule has 2 heterocycles. The minimum atomic E-state index is 1.09. The number of aromatic nitrogens is 3. The molecule has 80 valence electrons. The van der Waals surface area contributed by atoms with Gasteiger partial charge in [0.2, 0.25) is 0 Å². The van der Waals surface area contributed by atoms with Crippen molar-refractivity contribution in [1.29, 1.82) is 0 Å². The fourth-order valence-corrected chi connectivity index (χ4v) is 1.13. The maximum Gasteiger partial charge on any atom is 0.0492 e. The molecule has 0 bridgehead atoms. The Bertz CT molecular complexity index is 385. The fraction of sp³-hybridized carbons (Fsp3) is 0.333. The van der Waals surface area contributed by atoms with Crippen molar-refractivity contribution in [2.24, 2.45) is 7.05 Å². The van der Waals surface area contributed by atoms with Crippen LogP contribution < -0.4 is 0 Å². The molecule has 0 fully saturated rings. The van der Waals surface area contributed by atoms with Gasteiger partial charge in [-0.1, -0.05) is 0 Å². The SMILES string of the molecule is Cc1ccnc(C)c1.Cc1ccnn1C. The van der Waals surface area contributed by atoms with Gasteiger partial charge in [0.15, 0.2) is 0 Å². The van der Waals surface area contributed by atoms with Gasteiger partial charge in [-0.2, -0.15) is 5.10 Å². The summed E-state index contributed by atoms with van der Waals surface area (Å²) in [5, 5.41) is 3.93. The zero-order valence-electron chi connectivity index (χ0n) is 9.73. The first-order valence-corrected chi connectivity index (χ1v) is 4.93. The van der Waals surface area contributed by atoms with E-state index in [-0.39, 0.29) is 0 Å². The minimum Gasteiger partial charge on any atom is -0.273 e. The summed E-state index contributed by atoms with van der Waals surface area (Å²) in [6.07, 6.45) is 3.61. The average Bonchev–Trinajstić information content (AvgIpc) is 2.51. The fourth-order valence-electron chi connectivity index (χ4n) is 1.13. The summed E-state index contributed by atoms with van der Waals surface area (Å²) in [7, 11) is 1.93. The van der Waals surface area contributed by atoms with Gasteiger partial charge in [-0.3, -0.25) is 9.67 Å². The monoisotopic (exact) mass is 203 g/mol. The second kappa shape index (κ2) is 5.29. The molecule has 0 aliphatic rings. The molecular formula is C12H17N3. The van der Waals surface area contributed by atoms with Crippen molar-refractivity contribution < 1.29 is 0 Å². The molecule has 2 aromatic heterocycles. The molecule has 0 spiro atoms. The lowest BCUT2D eigenvalue weighted by Gasteiger charge is -1.90. The summed E-state index contributed by atoms with van der Waals surface area (Å²) in [6, 6.07) is 6.02. The van der Waals surface area contributed by atoms with E-state index in [1.165, 1.54) is 11.3 Å². The highest BCUT2D eigenvalue weighted by atomic mass is 15.2. The van der Waals surface area contributed by atoms with Crippen LogP contribution in [-0.4, -0.2) is 14.8 Å². The molecule has 15 heavy (non-hydrogen) atoms. The largest absolute Gasteiger partial charge is 0.273 e. The van der Waals surface area contributed by atoms with E-state index in [2.05, 4.69) is 23.1 Å². The number of pyridine rings is 1. The van der Waals surface area contributed by atoms with Crippen LogP contribution in [0.5, 0.6) is 0 Å². The molecule has 3 nitrogen and oxygen atoms in total.